The van der Waals surface area contributed by atoms with Gasteiger partial charge in [-0.3, -0.25) is 0 Å². The normalized spacial score (nSPS) is 23.9. The smallest absolute Gasteiger partial charge is 0.399 e. The van der Waals surface area contributed by atoms with Gasteiger partial charge in [-0.05, 0) is 58.1 Å². The quantitative estimate of drug-likeness (QED) is 0.863. The van der Waals surface area contributed by atoms with Gasteiger partial charge in [-0.15, -0.1) is 0 Å². The Hall–Kier alpha value is -1.33. The number of aromatic amines is 1. The van der Waals surface area contributed by atoms with E-state index in [9.17, 15) is 0 Å². The Kier molecular flexibility index (Phi) is 3.36. The fraction of sp³-hybridized carbons (Fsp3) is 0.611. The molecule has 4 nitrogen and oxygen atoms in total. The van der Waals surface area contributed by atoms with Gasteiger partial charge >= 0.3 is 7.12 Å². The number of hydrogen-bond acceptors (Lipinski definition) is 3. The van der Waals surface area contributed by atoms with Gasteiger partial charge in [0, 0.05) is 5.92 Å². The van der Waals surface area contributed by atoms with Crippen LogP contribution in [0.5, 0.6) is 0 Å². The molecule has 0 bridgehead atoms. The topological polar surface area (TPSA) is 47.1 Å². The molecule has 122 valence electrons. The Morgan fingerprint density at radius 2 is 1.74 bits per heavy atom. The zero-order chi connectivity index (χ0) is 16.2. The summed E-state index contributed by atoms with van der Waals surface area (Å²) in [5, 5.41) is 0. The van der Waals surface area contributed by atoms with Crippen LogP contribution in [0.3, 0.4) is 0 Å². The molecule has 2 aliphatic rings. The zero-order valence-corrected chi connectivity index (χ0v) is 14.5. The SMILES string of the molecule is CC1(C)OB(c2ccc3nc(C4CCCC4)[nH]c3c2)OC1(C)C. The molecule has 1 saturated heterocycles. The largest absolute Gasteiger partial charge is 0.494 e. The summed E-state index contributed by atoms with van der Waals surface area (Å²) in [6.07, 6.45) is 5.15. The number of nitrogens with one attached hydrogen (secondary N) is 1. The van der Waals surface area contributed by atoms with Crippen LogP contribution in [0, 0.1) is 0 Å². The summed E-state index contributed by atoms with van der Waals surface area (Å²) in [4.78, 5) is 8.30. The fourth-order valence-corrected chi connectivity index (χ4v) is 3.57. The number of H-pyrrole nitrogens is 1. The molecule has 0 spiro atoms. The number of fused-ring (bicyclic) bond motifs is 1. The van der Waals surface area contributed by atoms with E-state index in [0.717, 1.165) is 22.3 Å². The van der Waals surface area contributed by atoms with Crippen LogP contribution in [0.4, 0.5) is 0 Å². The first kappa shape index (κ1) is 15.2. The third-order valence-electron chi connectivity index (χ3n) is 5.79. The number of benzene rings is 1. The molecule has 2 fully saturated rings. The number of rotatable bonds is 2. The van der Waals surface area contributed by atoms with E-state index >= 15 is 0 Å². The molecule has 1 aliphatic heterocycles. The summed E-state index contributed by atoms with van der Waals surface area (Å²) in [5.74, 6) is 1.74. The lowest BCUT2D eigenvalue weighted by atomic mass is 9.79. The molecule has 2 heterocycles. The highest BCUT2D eigenvalue weighted by molar-refractivity contribution is 6.62. The fourth-order valence-electron chi connectivity index (χ4n) is 3.57. The minimum Gasteiger partial charge on any atom is -0.399 e. The maximum atomic E-state index is 6.15. The van der Waals surface area contributed by atoms with Crippen molar-refractivity contribution in [1.82, 2.24) is 9.97 Å². The van der Waals surface area contributed by atoms with Gasteiger partial charge in [-0.25, -0.2) is 4.98 Å². The molecule has 5 heteroatoms. The highest BCUT2D eigenvalue weighted by atomic mass is 16.7. The Morgan fingerprint density at radius 1 is 1.09 bits per heavy atom. The minimum atomic E-state index is -0.317. The summed E-state index contributed by atoms with van der Waals surface area (Å²) in [6.45, 7) is 8.33. The Labute approximate surface area is 138 Å². The van der Waals surface area contributed by atoms with E-state index in [4.69, 9.17) is 14.3 Å². The molecule has 23 heavy (non-hydrogen) atoms. The van der Waals surface area contributed by atoms with Crippen LogP contribution in [0.15, 0.2) is 18.2 Å². The van der Waals surface area contributed by atoms with Gasteiger partial charge in [0.1, 0.15) is 5.82 Å². The van der Waals surface area contributed by atoms with Crippen molar-refractivity contribution in [3.05, 3.63) is 24.0 Å². The van der Waals surface area contributed by atoms with E-state index < -0.39 is 0 Å². The van der Waals surface area contributed by atoms with Gasteiger partial charge in [0.15, 0.2) is 0 Å². The molecular formula is C18H25BN2O2. The number of nitrogens with zero attached hydrogens (tertiary/aromatic N) is 1. The first-order valence-electron chi connectivity index (χ1n) is 8.71. The molecule has 1 aromatic heterocycles. The van der Waals surface area contributed by atoms with Crippen molar-refractivity contribution < 1.29 is 9.31 Å². The van der Waals surface area contributed by atoms with Crippen molar-refractivity contribution in [3.63, 3.8) is 0 Å². The molecule has 0 amide bonds. The molecule has 0 unspecified atom stereocenters. The first-order valence-corrected chi connectivity index (χ1v) is 8.71. The lowest BCUT2D eigenvalue weighted by molar-refractivity contribution is 0.00578. The second kappa shape index (κ2) is 5.08. The van der Waals surface area contributed by atoms with Gasteiger partial charge in [-0.1, -0.05) is 18.9 Å². The number of imidazole rings is 1. The third-order valence-corrected chi connectivity index (χ3v) is 5.79. The van der Waals surface area contributed by atoms with Crippen molar-refractivity contribution >= 4 is 23.6 Å². The Morgan fingerprint density at radius 3 is 2.39 bits per heavy atom. The summed E-state index contributed by atoms with van der Waals surface area (Å²) in [7, 11) is -0.317. The van der Waals surface area contributed by atoms with Gasteiger partial charge in [0.2, 0.25) is 0 Å². The standard InChI is InChI=1S/C18H25BN2O2/c1-17(2)18(3,4)23-19(22-17)13-9-10-14-15(11-13)21-16(20-14)12-7-5-6-8-12/h9-12H,5-8H2,1-4H3,(H,20,21). The van der Waals surface area contributed by atoms with Crippen LogP contribution in [0.1, 0.15) is 65.1 Å². The minimum absolute atomic E-state index is 0.310. The van der Waals surface area contributed by atoms with Crippen LogP contribution in [0.25, 0.3) is 11.0 Å². The van der Waals surface area contributed by atoms with Crippen molar-refractivity contribution in [3.8, 4) is 0 Å². The molecule has 0 radical (unpaired) electrons. The Bertz CT molecular complexity index is 716. The second-order valence-corrected chi connectivity index (χ2v) is 7.97. The van der Waals surface area contributed by atoms with Crippen LogP contribution in [-0.2, 0) is 9.31 Å². The van der Waals surface area contributed by atoms with Crippen LogP contribution < -0.4 is 5.46 Å². The summed E-state index contributed by atoms with van der Waals surface area (Å²) >= 11 is 0. The zero-order valence-electron chi connectivity index (χ0n) is 14.5. The number of aromatic nitrogens is 2. The average Bonchev–Trinajstić information content (AvgIpc) is 3.17. The molecule has 0 atom stereocenters. The van der Waals surface area contributed by atoms with E-state index in [0.29, 0.717) is 5.92 Å². The molecular weight excluding hydrogens is 287 g/mol. The lowest BCUT2D eigenvalue weighted by Gasteiger charge is -2.32. The van der Waals surface area contributed by atoms with Crippen molar-refractivity contribution in [2.24, 2.45) is 0 Å². The van der Waals surface area contributed by atoms with Gasteiger partial charge in [0.25, 0.3) is 0 Å². The summed E-state index contributed by atoms with van der Waals surface area (Å²) in [5.41, 5.74) is 2.55. The van der Waals surface area contributed by atoms with E-state index in [1.165, 1.54) is 25.7 Å². The maximum Gasteiger partial charge on any atom is 0.494 e. The van der Waals surface area contributed by atoms with E-state index in [1.807, 2.05) is 0 Å². The van der Waals surface area contributed by atoms with Gasteiger partial charge < -0.3 is 14.3 Å². The average molecular weight is 312 g/mol. The van der Waals surface area contributed by atoms with E-state index in [2.05, 4.69) is 50.9 Å². The highest BCUT2D eigenvalue weighted by Crippen LogP contribution is 2.37. The highest BCUT2D eigenvalue weighted by Gasteiger charge is 2.51. The molecule has 2 aromatic rings. The van der Waals surface area contributed by atoms with Crippen molar-refractivity contribution in [2.45, 2.75) is 70.5 Å². The summed E-state index contributed by atoms with van der Waals surface area (Å²) in [6, 6.07) is 6.28. The van der Waals surface area contributed by atoms with Crippen LogP contribution >= 0.6 is 0 Å². The molecule has 1 saturated carbocycles. The van der Waals surface area contributed by atoms with Crippen LogP contribution in [0.2, 0.25) is 0 Å². The Balaban J connectivity index is 1.64. The van der Waals surface area contributed by atoms with Gasteiger partial charge in [0.05, 0.1) is 22.2 Å². The third kappa shape index (κ3) is 2.50. The predicted molar refractivity (Wildman–Crippen MR) is 93.0 cm³/mol. The maximum absolute atomic E-state index is 6.15. The van der Waals surface area contributed by atoms with Crippen molar-refractivity contribution in [1.29, 1.82) is 0 Å². The first-order chi connectivity index (χ1) is 10.9. The molecule has 4 rings (SSSR count). The molecule has 1 N–H and O–H groups in total. The van der Waals surface area contributed by atoms with Crippen molar-refractivity contribution in [2.75, 3.05) is 0 Å². The monoisotopic (exact) mass is 312 g/mol. The van der Waals surface area contributed by atoms with Gasteiger partial charge in [-0.2, -0.15) is 0 Å². The molecule has 1 aliphatic carbocycles. The summed E-state index contributed by atoms with van der Waals surface area (Å²) < 4.78 is 12.3. The predicted octanol–water partition coefficient (Wildman–Crippen LogP) is 3.52. The number of hydrogen-bond donors (Lipinski definition) is 1. The van der Waals surface area contributed by atoms with E-state index in [-0.39, 0.29) is 18.3 Å². The van der Waals surface area contributed by atoms with Crippen LogP contribution in [-0.4, -0.2) is 28.3 Å². The second-order valence-electron chi connectivity index (χ2n) is 7.97. The lowest BCUT2D eigenvalue weighted by Crippen LogP contribution is -2.41. The molecule has 1 aromatic carbocycles. The van der Waals surface area contributed by atoms with E-state index in [1.54, 1.807) is 0 Å².